The quantitative estimate of drug-likeness (QED) is 0.821. The zero-order valence-electron chi connectivity index (χ0n) is 11.2. The van der Waals surface area contributed by atoms with E-state index in [4.69, 9.17) is 11.5 Å². The number of anilines is 1. The van der Waals surface area contributed by atoms with Crippen molar-refractivity contribution >= 4 is 36.5 Å². The maximum Gasteiger partial charge on any atom is 0.252 e. The zero-order chi connectivity index (χ0) is 13.0. The highest BCUT2D eigenvalue weighted by Crippen LogP contribution is 2.18. The van der Waals surface area contributed by atoms with Crippen molar-refractivity contribution in [3.05, 3.63) is 23.9 Å². The maximum atomic E-state index is 11.4. The first-order chi connectivity index (χ1) is 8.72. The zero-order valence-corrected chi connectivity index (χ0v) is 12.8. The molecule has 1 fully saturated rings. The Bertz CT molecular complexity index is 424. The molecule has 4 N–H and O–H groups in total. The molecule has 114 valence electrons. The summed E-state index contributed by atoms with van der Waals surface area (Å²) in [5.41, 5.74) is 11.4. The van der Waals surface area contributed by atoms with Gasteiger partial charge >= 0.3 is 0 Å². The molecule has 1 aromatic heterocycles. The fourth-order valence-corrected chi connectivity index (χ4v) is 2.21. The average Bonchev–Trinajstić information content (AvgIpc) is 2.40. The van der Waals surface area contributed by atoms with E-state index in [2.05, 4.69) is 14.8 Å². The minimum absolute atomic E-state index is 0. The first kappa shape index (κ1) is 18.9. The summed E-state index contributed by atoms with van der Waals surface area (Å²) in [6, 6.07) is 3.45. The Balaban J connectivity index is 0.00000180. The molecule has 1 aliphatic rings. The third-order valence-electron chi connectivity index (χ3n) is 3.17. The predicted octanol–water partition coefficient (Wildman–Crippen LogP) is 0.105. The van der Waals surface area contributed by atoms with Crippen molar-refractivity contribution in [3.63, 3.8) is 0 Å². The monoisotopic (exact) mass is 321 g/mol. The Morgan fingerprint density at radius 3 is 2.45 bits per heavy atom. The van der Waals surface area contributed by atoms with Crippen molar-refractivity contribution < 1.29 is 4.79 Å². The predicted molar refractivity (Wildman–Crippen MR) is 85.0 cm³/mol. The highest BCUT2D eigenvalue weighted by atomic mass is 35.5. The second-order valence-electron chi connectivity index (χ2n) is 4.36. The lowest BCUT2D eigenvalue weighted by Crippen LogP contribution is -2.48. The molecular formula is C12H21Cl2N5O. The van der Waals surface area contributed by atoms with Crippen LogP contribution in [0.4, 0.5) is 5.82 Å². The minimum atomic E-state index is -0.428. The molecule has 2 heterocycles. The molecule has 1 aromatic rings. The van der Waals surface area contributed by atoms with E-state index < -0.39 is 5.91 Å². The molecular weight excluding hydrogens is 301 g/mol. The molecule has 1 amide bonds. The lowest BCUT2D eigenvalue weighted by Gasteiger charge is -2.35. The molecule has 0 bridgehead atoms. The summed E-state index contributed by atoms with van der Waals surface area (Å²) in [6.45, 7) is 5.15. The standard InChI is InChI=1S/C12H19N5O.2ClH/c13-3-5-16-6-8-17(9-7-16)12-10(11(14)18)2-1-4-15-12;;/h1-2,4H,3,5-9,13H2,(H2,14,18);2*1H. The Morgan fingerprint density at radius 2 is 1.90 bits per heavy atom. The second-order valence-corrected chi connectivity index (χ2v) is 4.36. The average molecular weight is 322 g/mol. The van der Waals surface area contributed by atoms with Gasteiger partial charge < -0.3 is 16.4 Å². The highest BCUT2D eigenvalue weighted by molar-refractivity contribution is 5.97. The summed E-state index contributed by atoms with van der Waals surface area (Å²) in [4.78, 5) is 20.0. The van der Waals surface area contributed by atoms with Gasteiger partial charge in [-0.2, -0.15) is 0 Å². The maximum absolute atomic E-state index is 11.4. The Labute approximate surface area is 131 Å². The van der Waals surface area contributed by atoms with Gasteiger partial charge in [-0.1, -0.05) is 0 Å². The van der Waals surface area contributed by atoms with Crippen LogP contribution >= 0.6 is 24.8 Å². The van der Waals surface area contributed by atoms with E-state index in [9.17, 15) is 4.79 Å². The number of piperazine rings is 1. The van der Waals surface area contributed by atoms with Crippen LogP contribution in [0.3, 0.4) is 0 Å². The van der Waals surface area contributed by atoms with Crippen molar-refractivity contribution in [1.29, 1.82) is 0 Å². The number of nitrogens with zero attached hydrogens (tertiary/aromatic N) is 3. The fourth-order valence-electron chi connectivity index (χ4n) is 2.21. The molecule has 1 saturated heterocycles. The largest absolute Gasteiger partial charge is 0.365 e. The van der Waals surface area contributed by atoms with E-state index in [0.29, 0.717) is 17.9 Å². The van der Waals surface area contributed by atoms with Gasteiger partial charge in [0.25, 0.3) is 5.91 Å². The van der Waals surface area contributed by atoms with Gasteiger partial charge in [0, 0.05) is 45.5 Å². The van der Waals surface area contributed by atoms with Gasteiger partial charge in [-0.25, -0.2) is 4.98 Å². The second kappa shape index (κ2) is 8.97. The van der Waals surface area contributed by atoms with Crippen LogP contribution in [-0.4, -0.2) is 55.1 Å². The van der Waals surface area contributed by atoms with Crippen LogP contribution in [0.25, 0.3) is 0 Å². The van der Waals surface area contributed by atoms with Gasteiger partial charge in [0.15, 0.2) is 0 Å². The van der Waals surface area contributed by atoms with Crippen LogP contribution in [0, 0.1) is 0 Å². The van der Waals surface area contributed by atoms with Gasteiger partial charge in [0.05, 0.1) is 5.56 Å². The van der Waals surface area contributed by atoms with Gasteiger partial charge in [-0.15, -0.1) is 24.8 Å². The van der Waals surface area contributed by atoms with E-state index >= 15 is 0 Å². The third kappa shape index (κ3) is 4.49. The van der Waals surface area contributed by atoms with Gasteiger partial charge in [0.2, 0.25) is 0 Å². The van der Waals surface area contributed by atoms with Crippen molar-refractivity contribution in [2.24, 2.45) is 11.5 Å². The topological polar surface area (TPSA) is 88.5 Å². The van der Waals surface area contributed by atoms with Gasteiger partial charge in [-0.05, 0) is 12.1 Å². The molecule has 0 radical (unpaired) electrons. The molecule has 0 atom stereocenters. The molecule has 8 heteroatoms. The number of halogens is 2. The van der Waals surface area contributed by atoms with Crippen molar-refractivity contribution in [2.75, 3.05) is 44.2 Å². The van der Waals surface area contributed by atoms with Crippen LogP contribution in [-0.2, 0) is 0 Å². The number of rotatable bonds is 4. The minimum Gasteiger partial charge on any atom is -0.365 e. The number of hydrogen-bond donors (Lipinski definition) is 2. The van der Waals surface area contributed by atoms with Crippen molar-refractivity contribution in [2.45, 2.75) is 0 Å². The number of primary amides is 1. The SMILES string of the molecule is Cl.Cl.NCCN1CCN(c2ncccc2C(N)=O)CC1. The number of carbonyl (C=O) groups is 1. The Kier molecular flexibility index (Phi) is 8.48. The summed E-state index contributed by atoms with van der Waals surface area (Å²) in [5.74, 6) is 0.264. The third-order valence-corrected chi connectivity index (χ3v) is 3.17. The molecule has 1 aliphatic heterocycles. The number of amides is 1. The lowest BCUT2D eigenvalue weighted by atomic mass is 10.2. The number of nitrogens with two attached hydrogens (primary N) is 2. The summed E-state index contributed by atoms with van der Waals surface area (Å²) in [7, 11) is 0. The van der Waals surface area contributed by atoms with E-state index in [0.717, 1.165) is 32.7 Å². The first-order valence-corrected chi connectivity index (χ1v) is 6.14. The highest BCUT2D eigenvalue weighted by Gasteiger charge is 2.20. The van der Waals surface area contributed by atoms with Crippen LogP contribution in [0.5, 0.6) is 0 Å². The molecule has 0 spiro atoms. The number of pyridine rings is 1. The molecule has 0 saturated carbocycles. The van der Waals surface area contributed by atoms with E-state index in [-0.39, 0.29) is 24.8 Å². The van der Waals surface area contributed by atoms with Crippen LogP contribution < -0.4 is 16.4 Å². The summed E-state index contributed by atoms with van der Waals surface area (Å²) >= 11 is 0. The van der Waals surface area contributed by atoms with E-state index in [1.54, 1.807) is 18.3 Å². The molecule has 2 rings (SSSR count). The van der Waals surface area contributed by atoms with Crippen LogP contribution in [0.2, 0.25) is 0 Å². The summed E-state index contributed by atoms with van der Waals surface area (Å²) < 4.78 is 0. The normalized spacial score (nSPS) is 15.2. The van der Waals surface area contributed by atoms with Crippen molar-refractivity contribution in [1.82, 2.24) is 9.88 Å². The molecule has 20 heavy (non-hydrogen) atoms. The fraction of sp³-hybridized carbons (Fsp3) is 0.500. The molecule has 6 nitrogen and oxygen atoms in total. The molecule has 0 aliphatic carbocycles. The van der Waals surface area contributed by atoms with Crippen LogP contribution in [0.1, 0.15) is 10.4 Å². The Morgan fingerprint density at radius 1 is 1.25 bits per heavy atom. The van der Waals surface area contributed by atoms with E-state index in [1.807, 2.05) is 0 Å². The summed E-state index contributed by atoms with van der Waals surface area (Å²) in [6.07, 6.45) is 1.69. The Hall–Kier alpha value is -1.08. The van der Waals surface area contributed by atoms with E-state index in [1.165, 1.54) is 0 Å². The number of carbonyl (C=O) groups excluding carboxylic acids is 1. The molecule has 0 unspecified atom stereocenters. The number of hydrogen-bond acceptors (Lipinski definition) is 5. The molecule has 0 aromatic carbocycles. The van der Waals surface area contributed by atoms with Crippen molar-refractivity contribution in [3.8, 4) is 0 Å². The van der Waals surface area contributed by atoms with Gasteiger partial charge in [-0.3, -0.25) is 9.69 Å². The lowest BCUT2D eigenvalue weighted by molar-refractivity contribution is 0.1000. The smallest absolute Gasteiger partial charge is 0.252 e. The first-order valence-electron chi connectivity index (χ1n) is 6.14. The van der Waals surface area contributed by atoms with Gasteiger partial charge in [0.1, 0.15) is 5.82 Å². The van der Waals surface area contributed by atoms with Crippen LogP contribution in [0.15, 0.2) is 18.3 Å². The number of aromatic nitrogens is 1. The summed E-state index contributed by atoms with van der Waals surface area (Å²) in [5, 5.41) is 0.